The van der Waals surface area contributed by atoms with Gasteiger partial charge >= 0.3 is 0 Å². The molecule has 0 spiro atoms. The Morgan fingerprint density at radius 2 is 0.702 bits per heavy atom. The van der Waals surface area contributed by atoms with Crippen LogP contribution in [0.4, 0.5) is 0 Å². The van der Waals surface area contributed by atoms with E-state index < -0.39 is 197 Å². The highest BCUT2D eigenvalue weighted by Crippen LogP contribution is 2.21. The molecule has 0 aliphatic carbocycles. The summed E-state index contributed by atoms with van der Waals surface area (Å²) < 4.78 is 0. The molecule has 0 unspecified atom stereocenters. The fourth-order valence-electron chi connectivity index (χ4n) is 13.4. The van der Waals surface area contributed by atoms with Crippen LogP contribution in [0.2, 0.25) is 0 Å². The fraction of sp³-hybridized carbons (Fsp3) is 0.655. The average molecular weight is 1700 g/mol. The van der Waals surface area contributed by atoms with Crippen LogP contribution in [0.25, 0.3) is 10.9 Å². The van der Waals surface area contributed by atoms with E-state index in [1.807, 2.05) is 65.8 Å². The van der Waals surface area contributed by atoms with Gasteiger partial charge in [0, 0.05) is 29.9 Å². The minimum atomic E-state index is -1.40. The third-order valence-corrected chi connectivity index (χ3v) is 20.6. The summed E-state index contributed by atoms with van der Waals surface area (Å²) in [4.78, 5) is 214. The number of para-hydroxylation sites is 1. The van der Waals surface area contributed by atoms with E-state index in [1.54, 1.807) is 78.1 Å². The Bertz CT molecular complexity index is 3820. The van der Waals surface area contributed by atoms with Crippen LogP contribution in [0.5, 0.6) is 0 Å². The minimum Gasteiger partial charge on any atom is -0.368 e. The summed E-state index contributed by atoms with van der Waals surface area (Å²) in [5.74, 6) is -13.5. The van der Waals surface area contributed by atoms with E-state index in [0.717, 1.165) is 10.9 Å². The van der Waals surface area contributed by atoms with Crippen LogP contribution in [0.1, 0.15) is 191 Å². The van der Waals surface area contributed by atoms with Crippen LogP contribution in [0.15, 0.2) is 60.8 Å². The predicted molar refractivity (Wildman–Crippen MR) is 462 cm³/mol. The van der Waals surface area contributed by atoms with Gasteiger partial charge in [0.15, 0.2) is 0 Å². The number of H-pyrrole nitrogens is 1. The number of benzene rings is 2. The highest BCUT2D eigenvalue weighted by molar-refractivity contribution is 6.01. The Hall–Kier alpha value is -10.2. The lowest BCUT2D eigenvalue weighted by Crippen LogP contribution is -2.61. The van der Waals surface area contributed by atoms with E-state index in [9.17, 15) is 71.9 Å². The number of primary amides is 1. The van der Waals surface area contributed by atoms with Crippen LogP contribution in [0.3, 0.4) is 0 Å². The van der Waals surface area contributed by atoms with Crippen molar-refractivity contribution in [3.63, 3.8) is 0 Å². The summed E-state index contributed by atoms with van der Waals surface area (Å²) >= 11 is 0. The summed E-state index contributed by atoms with van der Waals surface area (Å²) in [6.07, 6.45) is 3.96. The monoisotopic (exact) mass is 1700 g/mol. The number of carbonyl (C=O) groups excluding carboxylic acids is 15. The van der Waals surface area contributed by atoms with Crippen molar-refractivity contribution in [1.82, 2.24) is 79.4 Å². The van der Waals surface area contributed by atoms with Crippen LogP contribution < -0.4 is 115 Å². The Labute approximate surface area is 711 Å². The standard InChI is InChI=1S/C84H142N22O15/c1-14-51(12)70(82(119)93-45-67(107)94-52(13)72(109)104-68(49(8)9)84(121)103-64(41-48(6)7)78(115)98-60(32-23-37-88)76(113)105-69(50(10)11)83(120)99-62(71(91)108)39-46(2)3)106-77(114)61(33-24-38-89)95-74(111)58(30-21-35-86)96-80(117)65(42-53-25-16-15-17-26-53)102-79(116)63(40-47(4)5)101-75(112)59(31-22-36-87)97-81(118)66(100-73(110)56(90)28-20-34-85)43-54-44-92-57-29-19-18-27-55(54)57/h15-19,25-27,29,44,46-52,56,58-66,68-70,92H,14,20-24,28,30-43,45,85-90H2,1-13H3,(H2,91,108)(H,93,119)(H,94,107)(H,95,111)(H,96,117)(H,97,118)(H,98,115)(H,99,120)(H,100,110)(H,101,112)(H,102,116)(H,103,121)(H,104,109)(H,105,113)(H,106,114)/t51-,52+,56-,58-,59-,60-,61-,62-,63-,64-,65-,66-,68-,69-,70-/m0/s1. The molecule has 0 fully saturated rings. The van der Waals surface area contributed by atoms with Gasteiger partial charge in [-0.2, -0.15) is 0 Å². The van der Waals surface area contributed by atoms with E-state index in [2.05, 4.69) is 79.4 Å². The molecule has 0 aliphatic rings. The molecule has 0 saturated heterocycles. The van der Waals surface area contributed by atoms with Crippen LogP contribution in [-0.4, -0.2) is 217 Å². The number of carbonyl (C=O) groups is 15. The largest absolute Gasteiger partial charge is 0.368 e. The first kappa shape index (κ1) is 105. The normalized spacial score (nSPS) is 15.2. The SMILES string of the molecule is CC[C@H](C)[C@H](NC(=O)[C@H](CCCN)NC(=O)[C@H](CCCN)NC(=O)[C@H](Cc1ccccc1)NC(=O)[C@H](CC(C)C)NC(=O)[C@H](CCCN)NC(=O)[C@H](Cc1c[nH]c2ccccc12)NC(=O)[C@@H](N)CCCN)C(=O)NCC(=O)N[C@H](C)C(=O)N[C@H](C(=O)N[C@@H](CC(C)C)C(=O)N[C@@H](CCCN)C(=O)N[C@H](C(=O)N[C@@H](CC(C)C)C(N)=O)C(C)C)C(C)C. The Balaban J connectivity index is 1.83. The Morgan fingerprint density at radius 1 is 0.355 bits per heavy atom. The lowest BCUT2D eigenvalue weighted by molar-refractivity contribution is -0.136. The third kappa shape index (κ3) is 37.4. The maximum absolute atomic E-state index is 14.9. The van der Waals surface area contributed by atoms with Crippen LogP contribution in [-0.2, 0) is 84.8 Å². The molecule has 15 amide bonds. The zero-order valence-corrected chi connectivity index (χ0v) is 73.0. The van der Waals surface area contributed by atoms with E-state index in [4.69, 9.17) is 40.1 Å². The van der Waals surface area contributed by atoms with Gasteiger partial charge in [-0.25, -0.2) is 0 Å². The highest BCUT2D eigenvalue weighted by atomic mass is 16.2. The first-order valence-corrected chi connectivity index (χ1v) is 42.6. The van der Waals surface area contributed by atoms with Crippen molar-refractivity contribution >= 4 is 99.5 Å². The zero-order chi connectivity index (χ0) is 90.8. The van der Waals surface area contributed by atoms with Crippen molar-refractivity contribution in [2.75, 3.05) is 39.3 Å². The van der Waals surface area contributed by atoms with Crippen molar-refractivity contribution in [3.8, 4) is 0 Å². The maximum atomic E-state index is 14.9. The highest BCUT2D eigenvalue weighted by Gasteiger charge is 2.39. The van der Waals surface area contributed by atoms with Gasteiger partial charge in [-0.15, -0.1) is 0 Å². The molecule has 1 aromatic heterocycles. The van der Waals surface area contributed by atoms with Crippen molar-refractivity contribution in [2.24, 2.45) is 75.6 Å². The molecule has 37 nitrogen and oxygen atoms in total. The second-order valence-electron chi connectivity index (χ2n) is 33.2. The molecule has 2 aromatic carbocycles. The van der Waals surface area contributed by atoms with Crippen molar-refractivity contribution < 1.29 is 71.9 Å². The van der Waals surface area contributed by atoms with Crippen molar-refractivity contribution in [1.29, 1.82) is 0 Å². The number of amides is 15. The number of hydrogen-bond acceptors (Lipinski definition) is 21. The second-order valence-corrected chi connectivity index (χ2v) is 33.2. The molecule has 0 saturated carbocycles. The summed E-state index contributed by atoms with van der Waals surface area (Å²) in [5, 5.41) is 38.7. The quantitative estimate of drug-likeness (QED) is 0.0302. The second kappa shape index (κ2) is 54.9. The molecular formula is C84H142N22O15. The lowest BCUT2D eigenvalue weighted by atomic mass is 9.97. The van der Waals surface area contributed by atoms with E-state index in [-0.39, 0.29) is 140 Å². The summed E-state index contributed by atoms with van der Waals surface area (Å²) in [6, 6.07) is -1.35. The number of hydrogen-bond donors (Lipinski definition) is 22. The molecular weight excluding hydrogens is 1560 g/mol. The smallest absolute Gasteiger partial charge is 0.243 e. The van der Waals surface area contributed by atoms with E-state index in [1.165, 1.54) is 6.92 Å². The van der Waals surface area contributed by atoms with Gasteiger partial charge in [0.25, 0.3) is 0 Å². The van der Waals surface area contributed by atoms with Gasteiger partial charge in [-0.05, 0) is 176 Å². The van der Waals surface area contributed by atoms with Crippen molar-refractivity contribution in [2.45, 2.75) is 277 Å². The van der Waals surface area contributed by atoms with Gasteiger partial charge < -0.3 is 120 Å². The average Bonchev–Trinajstić information content (AvgIpc) is 1.70. The Kier molecular flexibility index (Phi) is 47.7. The minimum absolute atomic E-state index is 0.00383. The zero-order valence-electron chi connectivity index (χ0n) is 73.0. The van der Waals surface area contributed by atoms with Crippen LogP contribution in [0, 0.1) is 35.5 Å². The molecule has 0 aliphatic heterocycles. The summed E-state index contributed by atoms with van der Waals surface area (Å²) in [5.41, 5.74) is 43.3. The molecule has 3 rings (SSSR count). The molecule has 3 aromatic rings. The molecule has 1 heterocycles. The number of aromatic nitrogens is 1. The van der Waals surface area contributed by atoms with Gasteiger partial charge in [0.2, 0.25) is 88.6 Å². The third-order valence-electron chi connectivity index (χ3n) is 20.6. The van der Waals surface area contributed by atoms with E-state index in [0.29, 0.717) is 24.0 Å². The number of nitrogens with one attached hydrogen (secondary N) is 15. The van der Waals surface area contributed by atoms with Crippen molar-refractivity contribution in [3.05, 3.63) is 71.9 Å². The van der Waals surface area contributed by atoms with Gasteiger partial charge in [-0.3, -0.25) is 71.9 Å². The topological polar surface area (TPSA) is 622 Å². The number of rotatable bonds is 58. The molecule has 0 bridgehead atoms. The number of fused-ring (bicyclic) bond motifs is 1. The molecule has 29 N–H and O–H groups in total. The molecule has 15 atom stereocenters. The first-order valence-electron chi connectivity index (χ1n) is 42.6. The molecule has 678 valence electrons. The summed E-state index contributed by atoms with van der Waals surface area (Å²) in [7, 11) is 0. The molecule has 37 heteroatoms. The molecule has 0 radical (unpaired) electrons. The van der Waals surface area contributed by atoms with Gasteiger partial charge in [0.1, 0.15) is 78.5 Å². The van der Waals surface area contributed by atoms with Crippen LogP contribution >= 0.6 is 0 Å². The fourth-order valence-corrected chi connectivity index (χ4v) is 13.4. The maximum Gasteiger partial charge on any atom is 0.243 e. The Morgan fingerprint density at radius 3 is 1.13 bits per heavy atom. The van der Waals surface area contributed by atoms with Gasteiger partial charge in [-0.1, -0.05) is 138 Å². The lowest BCUT2D eigenvalue weighted by Gasteiger charge is -2.29. The predicted octanol–water partition coefficient (Wildman–Crippen LogP) is -1.60. The first-order chi connectivity index (χ1) is 57.2. The van der Waals surface area contributed by atoms with E-state index >= 15 is 0 Å². The van der Waals surface area contributed by atoms with Gasteiger partial charge in [0.05, 0.1) is 12.6 Å². The molecule has 121 heavy (non-hydrogen) atoms. The number of aromatic amines is 1. The summed E-state index contributed by atoms with van der Waals surface area (Å²) in [6.45, 7) is 22.4. The number of nitrogens with two attached hydrogens (primary N) is 7.